The second-order valence-corrected chi connectivity index (χ2v) is 11.2. The van der Waals surface area contributed by atoms with Crippen LogP contribution in [0.15, 0.2) is 60.7 Å². The van der Waals surface area contributed by atoms with Crippen molar-refractivity contribution in [2.75, 3.05) is 51.3 Å². The van der Waals surface area contributed by atoms with Crippen molar-refractivity contribution in [1.29, 1.82) is 0 Å². The fourth-order valence-electron chi connectivity index (χ4n) is 5.13. The van der Waals surface area contributed by atoms with Gasteiger partial charge in [-0.2, -0.15) is 0 Å². The topological polar surface area (TPSA) is 99.8 Å². The zero-order valence-electron chi connectivity index (χ0n) is 24.1. The van der Waals surface area contributed by atoms with Crippen LogP contribution in [0.25, 0.3) is 22.4 Å². The van der Waals surface area contributed by atoms with Crippen molar-refractivity contribution in [2.24, 2.45) is 0 Å². The molecule has 1 aliphatic rings. The summed E-state index contributed by atoms with van der Waals surface area (Å²) in [5.74, 6) is 1.28. The number of benzene rings is 3. The third kappa shape index (κ3) is 6.36. The molecule has 3 aromatic carbocycles. The summed E-state index contributed by atoms with van der Waals surface area (Å²) < 4.78 is 11.2. The van der Waals surface area contributed by atoms with Crippen LogP contribution in [0.5, 0.6) is 11.5 Å². The van der Waals surface area contributed by atoms with Crippen LogP contribution in [0, 0.1) is 0 Å². The molecule has 1 fully saturated rings. The Bertz CT molecular complexity index is 1520. The Morgan fingerprint density at radius 2 is 1.80 bits per heavy atom. The maximum Gasteiger partial charge on any atom is 0.261 e. The zero-order chi connectivity index (χ0) is 29.0. The Balaban J connectivity index is 1.19. The monoisotopic (exact) mass is 555 g/mol. The number of hydrogen-bond donors (Lipinski definition) is 2. The van der Waals surface area contributed by atoms with Crippen LogP contribution in [0.3, 0.4) is 0 Å². The van der Waals surface area contributed by atoms with Crippen molar-refractivity contribution in [3.63, 3.8) is 0 Å². The number of carbonyl (C=O) groups is 2. The highest BCUT2D eigenvalue weighted by atomic mass is 16.5. The van der Waals surface area contributed by atoms with Gasteiger partial charge in [0.1, 0.15) is 29.4 Å². The Labute approximate surface area is 240 Å². The first-order valence-electron chi connectivity index (χ1n) is 13.9. The van der Waals surface area contributed by atoms with Crippen molar-refractivity contribution >= 4 is 29.0 Å². The predicted molar refractivity (Wildman–Crippen MR) is 161 cm³/mol. The summed E-state index contributed by atoms with van der Waals surface area (Å²) in [6.07, 6.45) is 0.353. The first kappa shape index (κ1) is 28.2. The van der Waals surface area contributed by atoms with Crippen LogP contribution in [-0.4, -0.2) is 73.6 Å². The van der Waals surface area contributed by atoms with Gasteiger partial charge in [0, 0.05) is 38.3 Å². The van der Waals surface area contributed by atoms with Gasteiger partial charge in [0.15, 0.2) is 0 Å². The Kier molecular flexibility index (Phi) is 8.26. The summed E-state index contributed by atoms with van der Waals surface area (Å²) in [7, 11) is 1.48. The number of ether oxygens (including phenoxy) is 2. The van der Waals surface area contributed by atoms with Crippen LogP contribution in [0.2, 0.25) is 0 Å². The lowest BCUT2D eigenvalue weighted by Gasteiger charge is -2.36. The fourth-order valence-corrected chi connectivity index (χ4v) is 5.13. The van der Waals surface area contributed by atoms with Crippen molar-refractivity contribution in [1.82, 2.24) is 20.2 Å². The number of imidazole rings is 1. The van der Waals surface area contributed by atoms with E-state index in [1.165, 1.54) is 12.7 Å². The SMILES string of the molecule is COc1ccc(OCCN2CCN(c3cccc4[nH]c(-c5ccc(C(C)(C)C)cc5)nc34)CC2)cc1C(=O)NC=O. The number of nitrogens with zero attached hydrogens (tertiary/aromatic N) is 3. The van der Waals surface area contributed by atoms with Crippen LogP contribution in [0.1, 0.15) is 36.7 Å². The van der Waals surface area contributed by atoms with Gasteiger partial charge in [-0.3, -0.25) is 19.8 Å². The lowest BCUT2D eigenvalue weighted by molar-refractivity contribution is -0.108. The first-order chi connectivity index (χ1) is 19.8. The van der Waals surface area contributed by atoms with Gasteiger partial charge in [-0.25, -0.2) is 4.98 Å². The van der Waals surface area contributed by atoms with E-state index < -0.39 is 5.91 Å². The first-order valence-corrected chi connectivity index (χ1v) is 13.9. The normalized spacial score (nSPS) is 14.2. The lowest BCUT2D eigenvalue weighted by atomic mass is 9.87. The maximum absolute atomic E-state index is 12.1. The largest absolute Gasteiger partial charge is 0.496 e. The molecule has 214 valence electrons. The number of carbonyl (C=O) groups excluding carboxylic acids is 2. The van der Waals surface area contributed by atoms with E-state index in [-0.39, 0.29) is 11.0 Å². The van der Waals surface area contributed by atoms with Crippen LogP contribution in [0.4, 0.5) is 5.69 Å². The molecule has 9 nitrogen and oxygen atoms in total. The van der Waals surface area contributed by atoms with Gasteiger partial charge in [-0.05, 0) is 41.3 Å². The Hall–Kier alpha value is -4.37. The molecule has 0 radical (unpaired) electrons. The number of H-pyrrole nitrogens is 1. The quantitative estimate of drug-likeness (QED) is 0.291. The van der Waals surface area contributed by atoms with E-state index in [0.29, 0.717) is 24.5 Å². The second-order valence-electron chi connectivity index (χ2n) is 11.2. The van der Waals surface area contributed by atoms with Crippen LogP contribution in [-0.2, 0) is 10.2 Å². The average Bonchev–Trinajstić information content (AvgIpc) is 3.42. The summed E-state index contributed by atoms with van der Waals surface area (Å²) in [5, 5.41) is 2.14. The molecule has 0 aliphatic carbocycles. The number of fused-ring (bicyclic) bond motifs is 1. The molecule has 1 aromatic heterocycles. The number of imide groups is 1. The summed E-state index contributed by atoms with van der Waals surface area (Å²) >= 11 is 0. The fraction of sp³-hybridized carbons (Fsp3) is 0.344. The smallest absolute Gasteiger partial charge is 0.261 e. The molecule has 2 heterocycles. The Morgan fingerprint density at radius 1 is 1.05 bits per heavy atom. The molecule has 4 aromatic rings. The van der Waals surface area contributed by atoms with Gasteiger partial charge in [0.2, 0.25) is 6.41 Å². The van der Waals surface area contributed by atoms with Crippen LogP contribution >= 0.6 is 0 Å². The van der Waals surface area contributed by atoms with Gasteiger partial charge >= 0.3 is 0 Å². The standard InChI is InChI=1S/C32H37N5O4/c1-32(2,3)23-10-8-22(9-11-23)30-34-26-6-5-7-27(29(26)35-30)37-16-14-36(15-17-37)18-19-41-24-12-13-28(40-4)25(20-24)31(39)33-21-38/h5-13,20-21H,14-19H2,1-4H3,(H,34,35)(H,33,38,39). The van der Waals surface area contributed by atoms with Gasteiger partial charge in [-0.15, -0.1) is 0 Å². The van der Waals surface area contributed by atoms with Crippen molar-refractivity contribution in [2.45, 2.75) is 26.2 Å². The number of methoxy groups -OCH3 is 1. The molecule has 1 aliphatic heterocycles. The van der Waals surface area contributed by atoms with Crippen molar-refractivity contribution in [3.8, 4) is 22.9 Å². The van der Waals surface area contributed by atoms with Gasteiger partial charge in [0.25, 0.3) is 5.91 Å². The van der Waals surface area contributed by atoms with E-state index in [9.17, 15) is 9.59 Å². The summed E-state index contributed by atoms with van der Waals surface area (Å²) in [5.41, 5.74) is 5.93. The van der Waals surface area contributed by atoms with E-state index in [4.69, 9.17) is 14.5 Å². The molecule has 9 heteroatoms. The summed E-state index contributed by atoms with van der Waals surface area (Å²) in [6.45, 7) is 11.5. The number of aromatic amines is 1. The highest BCUT2D eigenvalue weighted by Crippen LogP contribution is 2.30. The summed E-state index contributed by atoms with van der Waals surface area (Å²) in [6, 6.07) is 20.0. The lowest BCUT2D eigenvalue weighted by Crippen LogP contribution is -2.47. The predicted octanol–water partition coefficient (Wildman–Crippen LogP) is 4.62. The number of hydrogen-bond acceptors (Lipinski definition) is 7. The number of rotatable bonds is 9. The van der Waals surface area contributed by atoms with Gasteiger partial charge in [-0.1, -0.05) is 51.1 Å². The molecule has 0 spiro atoms. The molecule has 0 atom stereocenters. The number of amides is 2. The third-order valence-corrected chi connectivity index (χ3v) is 7.51. The number of aromatic nitrogens is 2. The molecule has 2 amide bonds. The molecule has 41 heavy (non-hydrogen) atoms. The van der Waals surface area contributed by atoms with E-state index >= 15 is 0 Å². The van der Waals surface area contributed by atoms with Gasteiger partial charge < -0.3 is 19.4 Å². The molecule has 0 saturated carbocycles. The number of para-hydroxylation sites is 1. The zero-order valence-corrected chi connectivity index (χ0v) is 24.1. The summed E-state index contributed by atoms with van der Waals surface area (Å²) in [4.78, 5) is 36.1. The molecular formula is C32H37N5O4. The van der Waals surface area contributed by atoms with Gasteiger partial charge in [0.05, 0.1) is 23.9 Å². The van der Waals surface area contributed by atoms with E-state index in [1.54, 1.807) is 18.2 Å². The Morgan fingerprint density at radius 3 is 2.49 bits per heavy atom. The van der Waals surface area contributed by atoms with Crippen molar-refractivity contribution in [3.05, 3.63) is 71.8 Å². The molecular weight excluding hydrogens is 518 g/mol. The molecule has 0 unspecified atom stereocenters. The molecule has 1 saturated heterocycles. The maximum atomic E-state index is 12.1. The highest BCUT2D eigenvalue weighted by Gasteiger charge is 2.21. The van der Waals surface area contributed by atoms with Crippen molar-refractivity contribution < 1.29 is 19.1 Å². The minimum Gasteiger partial charge on any atom is -0.496 e. The third-order valence-electron chi connectivity index (χ3n) is 7.51. The van der Waals surface area contributed by atoms with E-state index in [1.807, 2.05) is 0 Å². The number of nitrogens with one attached hydrogen (secondary N) is 2. The highest BCUT2D eigenvalue weighted by molar-refractivity contribution is 6.02. The minimum atomic E-state index is -0.532. The average molecular weight is 556 g/mol. The molecule has 2 N–H and O–H groups in total. The van der Waals surface area contributed by atoms with E-state index in [2.05, 4.69) is 83.3 Å². The minimum absolute atomic E-state index is 0.114. The second kappa shape index (κ2) is 12.0. The van der Waals surface area contributed by atoms with E-state index in [0.717, 1.165) is 60.8 Å². The number of piperazine rings is 1. The number of anilines is 1. The molecule has 0 bridgehead atoms. The van der Waals surface area contributed by atoms with Crippen LogP contribution < -0.4 is 19.7 Å². The molecule has 5 rings (SSSR count).